The first-order valence-electron chi connectivity index (χ1n) is 3.47. The summed E-state index contributed by atoms with van der Waals surface area (Å²) < 4.78 is 0. The summed E-state index contributed by atoms with van der Waals surface area (Å²) in [5, 5.41) is 1.88. The second kappa shape index (κ2) is 7.18. The Balaban J connectivity index is 0.000000187. The second-order valence-corrected chi connectivity index (χ2v) is 2.14. The van der Waals surface area contributed by atoms with Crippen molar-refractivity contribution < 1.29 is 0 Å². The van der Waals surface area contributed by atoms with Crippen LogP contribution in [0, 0.1) is 0 Å². The lowest BCUT2D eigenvalue weighted by molar-refractivity contribution is 0.323. The van der Waals surface area contributed by atoms with Gasteiger partial charge in [-0.25, -0.2) is 0 Å². The molecule has 0 unspecified atom stereocenters. The summed E-state index contributed by atoms with van der Waals surface area (Å²) in [6.07, 6.45) is 3.50. The summed E-state index contributed by atoms with van der Waals surface area (Å²) in [6, 6.07) is 5.72. The summed E-state index contributed by atoms with van der Waals surface area (Å²) in [5.41, 5.74) is 2.86. The van der Waals surface area contributed by atoms with Crippen LogP contribution in [0.15, 0.2) is 30.6 Å². The molecule has 62 valence electrons. The first-order valence-corrected chi connectivity index (χ1v) is 3.47. The quantitative estimate of drug-likeness (QED) is 0.604. The molecule has 3 heteroatoms. The molecule has 0 saturated carbocycles. The Morgan fingerprint density at radius 2 is 1.55 bits per heavy atom. The fourth-order valence-corrected chi connectivity index (χ4v) is 0.313. The third-order valence-corrected chi connectivity index (χ3v) is 1.01. The SMILES string of the molecule is CNN(C)C.c1ccncc1. The molecule has 0 atom stereocenters. The highest BCUT2D eigenvalue weighted by Gasteiger charge is 1.68. The highest BCUT2D eigenvalue weighted by Crippen LogP contribution is 1.73. The molecule has 0 aromatic carbocycles. The van der Waals surface area contributed by atoms with E-state index in [0.29, 0.717) is 0 Å². The fraction of sp³-hybridized carbons (Fsp3) is 0.375. The van der Waals surface area contributed by atoms with Crippen LogP contribution in [0.4, 0.5) is 0 Å². The van der Waals surface area contributed by atoms with E-state index < -0.39 is 0 Å². The summed E-state index contributed by atoms with van der Waals surface area (Å²) in [4.78, 5) is 3.78. The highest BCUT2D eigenvalue weighted by molar-refractivity contribution is 4.88. The molecule has 0 aliphatic rings. The molecule has 0 spiro atoms. The van der Waals surface area contributed by atoms with Crippen molar-refractivity contribution in [1.29, 1.82) is 0 Å². The van der Waals surface area contributed by atoms with Gasteiger partial charge in [0.2, 0.25) is 0 Å². The van der Waals surface area contributed by atoms with Crippen LogP contribution in [0.3, 0.4) is 0 Å². The zero-order valence-corrected chi connectivity index (χ0v) is 7.28. The van der Waals surface area contributed by atoms with Crippen molar-refractivity contribution >= 4 is 0 Å². The van der Waals surface area contributed by atoms with Crippen LogP contribution in [-0.4, -0.2) is 31.1 Å². The van der Waals surface area contributed by atoms with Crippen LogP contribution in [-0.2, 0) is 0 Å². The molecule has 1 aromatic heterocycles. The minimum atomic E-state index is 1.75. The number of hydrogen-bond donors (Lipinski definition) is 1. The van der Waals surface area contributed by atoms with Crippen LogP contribution >= 0.6 is 0 Å². The van der Waals surface area contributed by atoms with Gasteiger partial charge in [0.05, 0.1) is 0 Å². The summed E-state index contributed by atoms with van der Waals surface area (Å²) >= 11 is 0. The lowest BCUT2D eigenvalue weighted by atomic mass is 10.5. The Kier molecular flexibility index (Phi) is 6.57. The number of rotatable bonds is 1. The molecule has 1 rings (SSSR count). The van der Waals surface area contributed by atoms with E-state index in [1.807, 2.05) is 44.4 Å². The van der Waals surface area contributed by atoms with Gasteiger partial charge < -0.3 is 0 Å². The van der Waals surface area contributed by atoms with E-state index in [1.54, 1.807) is 12.4 Å². The van der Waals surface area contributed by atoms with Gasteiger partial charge in [-0.3, -0.25) is 15.4 Å². The molecule has 0 fully saturated rings. The van der Waals surface area contributed by atoms with Crippen molar-refractivity contribution in [2.45, 2.75) is 0 Å². The van der Waals surface area contributed by atoms with Crippen LogP contribution in [0.1, 0.15) is 0 Å². The van der Waals surface area contributed by atoms with E-state index in [0.717, 1.165) is 0 Å². The Bertz CT molecular complexity index is 124. The Labute approximate surface area is 68.0 Å². The smallest absolute Gasteiger partial charge is 0.0267 e. The van der Waals surface area contributed by atoms with Gasteiger partial charge in [-0.2, -0.15) is 0 Å². The Hall–Kier alpha value is -0.930. The summed E-state index contributed by atoms with van der Waals surface area (Å²) in [7, 11) is 5.76. The van der Waals surface area contributed by atoms with E-state index in [2.05, 4.69) is 10.4 Å². The topological polar surface area (TPSA) is 28.2 Å². The van der Waals surface area contributed by atoms with Gasteiger partial charge in [-0.15, -0.1) is 0 Å². The third-order valence-electron chi connectivity index (χ3n) is 1.01. The molecule has 3 nitrogen and oxygen atoms in total. The fourth-order valence-electron chi connectivity index (χ4n) is 0.313. The zero-order chi connectivity index (χ0) is 8.53. The Morgan fingerprint density at radius 3 is 1.64 bits per heavy atom. The number of pyridine rings is 1. The normalized spacial score (nSPS) is 8.73. The lowest BCUT2D eigenvalue weighted by Crippen LogP contribution is -2.25. The minimum absolute atomic E-state index is 1.75. The number of nitrogens with one attached hydrogen (secondary N) is 1. The molecule has 0 saturated heterocycles. The van der Waals surface area contributed by atoms with Gasteiger partial charge in [0.25, 0.3) is 0 Å². The third kappa shape index (κ3) is 9.07. The molecule has 0 aliphatic carbocycles. The standard InChI is InChI=1S/C5H5N.C3H10N2/c1-2-4-6-5-3-1;1-4-5(2)3/h1-5H;4H,1-3H3. The van der Waals surface area contributed by atoms with E-state index >= 15 is 0 Å². The highest BCUT2D eigenvalue weighted by atomic mass is 15.5. The van der Waals surface area contributed by atoms with Crippen molar-refractivity contribution in [3.05, 3.63) is 30.6 Å². The maximum Gasteiger partial charge on any atom is 0.0267 e. The van der Waals surface area contributed by atoms with E-state index in [1.165, 1.54) is 0 Å². The van der Waals surface area contributed by atoms with Crippen LogP contribution < -0.4 is 5.43 Å². The average Bonchev–Trinajstić information content (AvgIpc) is 2.09. The van der Waals surface area contributed by atoms with Crippen molar-refractivity contribution in [2.75, 3.05) is 21.1 Å². The maximum absolute atomic E-state index is 3.78. The molecule has 1 aromatic rings. The lowest BCUT2D eigenvalue weighted by Gasteiger charge is -2.02. The maximum atomic E-state index is 3.78. The van der Waals surface area contributed by atoms with Gasteiger partial charge in [0.1, 0.15) is 0 Å². The monoisotopic (exact) mass is 153 g/mol. The molecule has 1 N–H and O–H groups in total. The Morgan fingerprint density at radius 1 is 1.09 bits per heavy atom. The summed E-state index contributed by atoms with van der Waals surface area (Å²) in [5.74, 6) is 0. The number of aromatic nitrogens is 1. The molecule has 0 aliphatic heterocycles. The molecule has 0 amide bonds. The van der Waals surface area contributed by atoms with Gasteiger partial charge in [-0.05, 0) is 19.2 Å². The van der Waals surface area contributed by atoms with Gasteiger partial charge in [-0.1, -0.05) is 6.07 Å². The van der Waals surface area contributed by atoms with Gasteiger partial charge in [0.15, 0.2) is 0 Å². The van der Waals surface area contributed by atoms with Crippen molar-refractivity contribution in [3.63, 3.8) is 0 Å². The van der Waals surface area contributed by atoms with Crippen LogP contribution in [0.25, 0.3) is 0 Å². The molecule has 0 radical (unpaired) electrons. The van der Waals surface area contributed by atoms with E-state index in [4.69, 9.17) is 0 Å². The molecule has 11 heavy (non-hydrogen) atoms. The summed E-state index contributed by atoms with van der Waals surface area (Å²) in [6.45, 7) is 0. The van der Waals surface area contributed by atoms with Crippen LogP contribution in [0.5, 0.6) is 0 Å². The number of nitrogens with zero attached hydrogens (tertiary/aromatic N) is 2. The van der Waals surface area contributed by atoms with E-state index in [-0.39, 0.29) is 0 Å². The first kappa shape index (κ1) is 10.1. The second-order valence-electron chi connectivity index (χ2n) is 2.14. The van der Waals surface area contributed by atoms with Crippen LogP contribution in [0.2, 0.25) is 0 Å². The largest absolute Gasteiger partial charge is 0.265 e. The number of hydrogen-bond acceptors (Lipinski definition) is 3. The molecular formula is C8H15N3. The molecule has 0 bridgehead atoms. The number of hydrazine groups is 1. The predicted octanol–water partition coefficient (Wildman–Crippen LogP) is 0.764. The first-order chi connectivity index (χ1) is 5.27. The van der Waals surface area contributed by atoms with Gasteiger partial charge >= 0.3 is 0 Å². The average molecular weight is 153 g/mol. The predicted molar refractivity (Wildman–Crippen MR) is 47.0 cm³/mol. The van der Waals surface area contributed by atoms with Crippen molar-refractivity contribution in [3.8, 4) is 0 Å². The molecule has 1 heterocycles. The van der Waals surface area contributed by atoms with Gasteiger partial charge in [0, 0.05) is 26.5 Å². The van der Waals surface area contributed by atoms with Crippen molar-refractivity contribution in [2.24, 2.45) is 0 Å². The molecular weight excluding hydrogens is 138 g/mol. The van der Waals surface area contributed by atoms with E-state index in [9.17, 15) is 0 Å². The van der Waals surface area contributed by atoms with Crippen molar-refractivity contribution in [1.82, 2.24) is 15.4 Å². The zero-order valence-electron chi connectivity index (χ0n) is 7.28. The minimum Gasteiger partial charge on any atom is -0.265 e.